The van der Waals surface area contributed by atoms with Gasteiger partial charge in [0.25, 0.3) is 0 Å². The maximum absolute atomic E-state index is 12.3. The van der Waals surface area contributed by atoms with Crippen LogP contribution in [-0.2, 0) is 4.79 Å². The molecular formula is C17H15ClO3. The zero-order valence-corrected chi connectivity index (χ0v) is 12.6. The van der Waals surface area contributed by atoms with Crippen LogP contribution < -0.4 is 4.74 Å². The summed E-state index contributed by atoms with van der Waals surface area (Å²) in [6, 6.07) is 13.5. The Bertz CT molecular complexity index is 645. The van der Waals surface area contributed by atoms with Gasteiger partial charge in [0.15, 0.2) is 17.7 Å². The number of rotatable bonds is 5. The summed E-state index contributed by atoms with van der Waals surface area (Å²) in [6.45, 7) is 3.16. The van der Waals surface area contributed by atoms with Crippen LogP contribution in [-0.4, -0.2) is 17.7 Å². The van der Waals surface area contributed by atoms with E-state index in [0.717, 1.165) is 0 Å². The van der Waals surface area contributed by atoms with Crippen LogP contribution in [0.1, 0.15) is 29.8 Å². The van der Waals surface area contributed by atoms with Gasteiger partial charge < -0.3 is 4.74 Å². The molecule has 0 fully saturated rings. The van der Waals surface area contributed by atoms with Crippen LogP contribution in [0, 0.1) is 0 Å². The van der Waals surface area contributed by atoms with Crippen molar-refractivity contribution < 1.29 is 14.3 Å². The molecule has 2 aromatic rings. The molecule has 0 aliphatic carbocycles. The topological polar surface area (TPSA) is 43.4 Å². The third kappa shape index (κ3) is 3.92. The predicted molar refractivity (Wildman–Crippen MR) is 82.1 cm³/mol. The smallest absolute Gasteiger partial charge is 0.193 e. The van der Waals surface area contributed by atoms with Crippen LogP contribution >= 0.6 is 11.6 Å². The van der Waals surface area contributed by atoms with Gasteiger partial charge in [0.2, 0.25) is 0 Å². The Kier molecular flexibility index (Phi) is 4.76. The van der Waals surface area contributed by atoms with Crippen molar-refractivity contribution in [2.75, 3.05) is 0 Å². The van der Waals surface area contributed by atoms with E-state index in [1.807, 2.05) is 0 Å². The predicted octanol–water partition coefficient (Wildman–Crippen LogP) is 3.93. The minimum absolute atomic E-state index is 0.0451. The van der Waals surface area contributed by atoms with E-state index in [0.29, 0.717) is 21.9 Å². The van der Waals surface area contributed by atoms with Crippen LogP contribution in [0.2, 0.25) is 5.02 Å². The molecule has 0 aliphatic heterocycles. The minimum atomic E-state index is -0.497. The zero-order chi connectivity index (χ0) is 15.4. The molecule has 21 heavy (non-hydrogen) atoms. The van der Waals surface area contributed by atoms with Gasteiger partial charge in [-0.1, -0.05) is 11.6 Å². The van der Waals surface area contributed by atoms with Crippen LogP contribution in [0.4, 0.5) is 0 Å². The second-order valence-corrected chi connectivity index (χ2v) is 5.17. The number of Topliss-reactive ketones (excluding diaryl/α,β-unsaturated/α-hetero) is 1. The van der Waals surface area contributed by atoms with Crippen molar-refractivity contribution in [1.29, 1.82) is 0 Å². The molecule has 0 aromatic heterocycles. The van der Waals surface area contributed by atoms with Crippen molar-refractivity contribution in [1.82, 2.24) is 0 Å². The van der Waals surface area contributed by atoms with E-state index in [1.165, 1.54) is 6.92 Å². The molecule has 108 valence electrons. The van der Waals surface area contributed by atoms with Crippen molar-refractivity contribution >= 4 is 23.2 Å². The third-order valence-corrected chi connectivity index (χ3v) is 3.36. The average molecular weight is 303 g/mol. The molecule has 1 atom stereocenters. The summed E-state index contributed by atoms with van der Waals surface area (Å²) < 4.78 is 5.45. The number of carbonyl (C=O) groups excluding carboxylic acids is 2. The van der Waals surface area contributed by atoms with Gasteiger partial charge >= 0.3 is 0 Å². The maximum atomic E-state index is 12.3. The van der Waals surface area contributed by atoms with Gasteiger partial charge in [-0.3, -0.25) is 9.59 Å². The SMILES string of the molecule is CC(=O)[C@@H](C)Oc1ccc(C(=O)c2ccc(Cl)cc2)cc1. The molecule has 0 spiro atoms. The molecule has 4 heteroatoms. The summed E-state index contributed by atoms with van der Waals surface area (Å²) in [5.41, 5.74) is 1.13. The van der Waals surface area contributed by atoms with Crippen molar-refractivity contribution in [3.05, 3.63) is 64.7 Å². The van der Waals surface area contributed by atoms with Gasteiger partial charge in [-0.15, -0.1) is 0 Å². The lowest BCUT2D eigenvalue weighted by Gasteiger charge is -2.11. The Morgan fingerprint density at radius 1 is 0.952 bits per heavy atom. The summed E-state index contributed by atoms with van der Waals surface area (Å²) in [4.78, 5) is 23.4. The fraction of sp³-hybridized carbons (Fsp3) is 0.176. The maximum Gasteiger partial charge on any atom is 0.193 e. The van der Waals surface area contributed by atoms with E-state index < -0.39 is 6.10 Å². The fourth-order valence-corrected chi connectivity index (χ4v) is 1.87. The Labute approximate surface area is 128 Å². The van der Waals surface area contributed by atoms with E-state index in [4.69, 9.17) is 16.3 Å². The number of ether oxygens (including phenoxy) is 1. The molecule has 0 N–H and O–H groups in total. The third-order valence-electron chi connectivity index (χ3n) is 3.11. The first-order chi connectivity index (χ1) is 9.97. The summed E-state index contributed by atoms with van der Waals surface area (Å²) in [6.07, 6.45) is -0.497. The van der Waals surface area contributed by atoms with E-state index in [9.17, 15) is 9.59 Å². The largest absolute Gasteiger partial charge is 0.483 e. The highest BCUT2D eigenvalue weighted by atomic mass is 35.5. The quantitative estimate of drug-likeness (QED) is 0.786. The van der Waals surface area contributed by atoms with E-state index in [-0.39, 0.29) is 11.6 Å². The molecular weight excluding hydrogens is 288 g/mol. The molecule has 0 aliphatic rings. The Hall–Kier alpha value is -2.13. The molecule has 0 amide bonds. The lowest BCUT2D eigenvalue weighted by atomic mass is 10.0. The van der Waals surface area contributed by atoms with Gasteiger partial charge in [-0.05, 0) is 62.4 Å². The van der Waals surface area contributed by atoms with Crippen LogP contribution in [0.15, 0.2) is 48.5 Å². The molecule has 2 rings (SSSR count). The molecule has 0 saturated carbocycles. The highest BCUT2D eigenvalue weighted by Gasteiger charge is 2.11. The molecule has 3 nitrogen and oxygen atoms in total. The minimum Gasteiger partial charge on any atom is -0.483 e. The Morgan fingerprint density at radius 3 is 1.90 bits per heavy atom. The first-order valence-electron chi connectivity index (χ1n) is 6.55. The molecule has 0 heterocycles. The number of carbonyl (C=O) groups is 2. The van der Waals surface area contributed by atoms with Crippen molar-refractivity contribution in [3.8, 4) is 5.75 Å². The number of hydrogen-bond acceptors (Lipinski definition) is 3. The number of halogens is 1. The van der Waals surface area contributed by atoms with Crippen LogP contribution in [0.3, 0.4) is 0 Å². The van der Waals surface area contributed by atoms with Gasteiger partial charge in [-0.25, -0.2) is 0 Å². The first-order valence-corrected chi connectivity index (χ1v) is 6.92. The Morgan fingerprint density at radius 2 is 1.43 bits per heavy atom. The normalized spacial score (nSPS) is 11.8. The lowest BCUT2D eigenvalue weighted by molar-refractivity contribution is -0.122. The van der Waals surface area contributed by atoms with Gasteiger partial charge in [-0.2, -0.15) is 0 Å². The summed E-state index contributed by atoms with van der Waals surface area (Å²) in [7, 11) is 0. The summed E-state index contributed by atoms with van der Waals surface area (Å²) in [5, 5.41) is 0.591. The lowest BCUT2D eigenvalue weighted by Crippen LogP contribution is -2.20. The molecule has 0 bridgehead atoms. The molecule has 2 aromatic carbocycles. The van der Waals surface area contributed by atoms with Gasteiger partial charge in [0.05, 0.1) is 0 Å². The summed E-state index contributed by atoms with van der Waals surface area (Å²) in [5.74, 6) is 0.430. The Balaban J connectivity index is 2.13. The van der Waals surface area contributed by atoms with E-state index in [1.54, 1.807) is 55.5 Å². The monoisotopic (exact) mass is 302 g/mol. The molecule has 0 radical (unpaired) electrons. The highest BCUT2D eigenvalue weighted by molar-refractivity contribution is 6.30. The number of benzene rings is 2. The molecule has 0 unspecified atom stereocenters. The standard InChI is InChI=1S/C17H15ClO3/c1-11(19)12(2)21-16-9-5-14(6-10-16)17(20)13-3-7-15(18)8-4-13/h3-10,12H,1-2H3/t12-/m1/s1. The van der Waals surface area contributed by atoms with Crippen LogP contribution in [0.5, 0.6) is 5.75 Å². The van der Waals surface area contributed by atoms with Crippen molar-refractivity contribution in [3.63, 3.8) is 0 Å². The second kappa shape index (κ2) is 6.55. The summed E-state index contributed by atoms with van der Waals surface area (Å²) >= 11 is 5.80. The van der Waals surface area contributed by atoms with Crippen molar-refractivity contribution in [2.45, 2.75) is 20.0 Å². The number of hydrogen-bond donors (Lipinski definition) is 0. The fourth-order valence-electron chi connectivity index (χ4n) is 1.74. The van der Waals surface area contributed by atoms with E-state index in [2.05, 4.69) is 0 Å². The second-order valence-electron chi connectivity index (χ2n) is 4.73. The zero-order valence-electron chi connectivity index (χ0n) is 11.8. The molecule has 0 saturated heterocycles. The average Bonchev–Trinajstić information content (AvgIpc) is 2.48. The highest BCUT2D eigenvalue weighted by Crippen LogP contribution is 2.18. The van der Waals surface area contributed by atoms with Gasteiger partial charge in [0.1, 0.15) is 5.75 Å². The van der Waals surface area contributed by atoms with E-state index >= 15 is 0 Å². The van der Waals surface area contributed by atoms with Gasteiger partial charge in [0, 0.05) is 16.1 Å². The first kappa shape index (κ1) is 15.3. The van der Waals surface area contributed by atoms with Crippen LogP contribution in [0.25, 0.3) is 0 Å². The number of ketones is 2. The van der Waals surface area contributed by atoms with Crippen molar-refractivity contribution in [2.24, 2.45) is 0 Å².